The van der Waals surface area contributed by atoms with Crippen LogP contribution in [-0.4, -0.2) is 25.9 Å². The molecule has 0 saturated heterocycles. The molecule has 14 heavy (non-hydrogen) atoms. The number of phenolic OH excluding ortho intramolecular Hbond substituents is 2. The van der Waals surface area contributed by atoms with Crippen molar-refractivity contribution in [2.24, 2.45) is 0 Å². The van der Waals surface area contributed by atoms with Crippen molar-refractivity contribution in [3.05, 3.63) is 23.8 Å². The van der Waals surface area contributed by atoms with E-state index in [1.807, 2.05) is 0 Å². The van der Waals surface area contributed by atoms with E-state index in [9.17, 15) is 5.11 Å². The van der Waals surface area contributed by atoms with E-state index in [4.69, 9.17) is 15.5 Å². The van der Waals surface area contributed by atoms with Crippen LogP contribution < -0.4 is 0 Å². The third kappa shape index (κ3) is 2.14. The van der Waals surface area contributed by atoms with Crippen LogP contribution in [0, 0.1) is 0 Å². The van der Waals surface area contributed by atoms with Gasteiger partial charge in [-0.05, 0) is 18.6 Å². The molecule has 78 valence electrons. The Balaban J connectivity index is 3.04. The average molecular weight is 199 g/mol. The van der Waals surface area contributed by atoms with Crippen LogP contribution in [0.1, 0.15) is 24.9 Å². The highest BCUT2D eigenvalue weighted by Crippen LogP contribution is 2.31. The first-order chi connectivity index (χ1) is 6.56. The summed E-state index contributed by atoms with van der Waals surface area (Å²) in [5.74, 6) is -0.228. The topological polar surface area (TPSA) is 84.2 Å². The van der Waals surface area contributed by atoms with E-state index in [-0.39, 0.29) is 16.7 Å². The van der Waals surface area contributed by atoms with Gasteiger partial charge in [-0.3, -0.25) is 10.4 Å². The van der Waals surface area contributed by atoms with Crippen molar-refractivity contribution >= 4 is 0 Å². The number of aromatic hydroxyl groups is 2. The van der Waals surface area contributed by atoms with Crippen LogP contribution in [0.4, 0.5) is 0 Å². The lowest BCUT2D eigenvalue weighted by molar-refractivity contribution is -0.335. The van der Waals surface area contributed by atoms with Gasteiger partial charge in [0, 0.05) is 11.6 Å². The molecule has 1 atom stereocenters. The summed E-state index contributed by atoms with van der Waals surface area (Å²) in [7, 11) is 0. The van der Waals surface area contributed by atoms with Gasteiger partial charge in [0.1, 0.15) is 11.5 Å². The lowest BCUT2D eigenvalue weighted by Gasteiger charge is -2.20. The first kappa shape index (κ1) is 10.8. The molecule has 0 bridgehead atoms. The predicted molar refractivity (Wildman–Crippen MR) is 48.2 cm³/mol. The maximum Gasteiger partial charge on any atom is 0.124 e. The molecule has 1 rings (SSSR count). The summed E-state index contributed by atoms with van der Waals surface area (Å²) in [6.07, 6.45) is 0.422. The minimum Gasteiger partial charge on any atom is -0.508 e. The molecule has 1 aromatic rings. The molecule has 0 amide bonds. The molecule has 4 N–H and O–H groups in total. The summed E-state index contributed by atoms with van der Waals surface area (Å²) < 4.78 is 0. The number of hydroxylamine groups is 2. The van der Waals surface area contributed by atoms with Gasteiger partial charge in [-0.2, -0.15) is 0 Å². The third-order valence-corrected chi connectivity index (χ3v) is 2.04. The quantitative estimate of drug-likeness (QED) is 0.556. The van der Waals surface area contributed by atoms with Gasteiger partial charge in [-0.25, -0.2) is 0 Å². The van der Waals surface area contributed by atoms with Gasteiger partial charge in [0.05, 0.1) is 6.04 Å². The van der Waals surface area contributed by atoms with E-state index in [0.29, 0.717) is 12.0 Å². The van der Waals surface area contributed by atoms with E-state index < -0.39 is 6.04 Å². The lowest BCUT2D eigenvalue weighted by atomic mass is 10.0. The number of rotatable bonds is 3. The highest BCUT2D eigenvalue weighted by atomic mass is 16.8. The molecule has 1 unspecified atom stereocenters. The first-order valence-electron chi connectivity index (χ1n) is 4.25. The maximum absolute atomic E-state index is 9.43. The molecular weight excluding hydrogens is 186 g/mol. The zero-order chi connectivity index (χ0) is 10.7. The number of benzene rings is 1. The van der Waals surface area contributed by atoms with Gasteiger partial charge in [-0.15, -0.1) is 0 Å². The summed E-state index contributed by atoms with van der Waals surface area (Å²) in [5.41, 5.74) is 0.357. The van der Waals surface area contributed by atoms with Crippen LogP contribution in [0.5, 0.6) is 11.5 Å². The Morgan fingerprint density at radius 2 is 1.93 bits per heavy atom. The fraction of sp³-hybridized carbons (Fsp3) is 0.333. The molecule has 1 aromatic carbocycles. The SMILES string of the molecule is CCC(c1ccc(O)cc1O)N(O)O. The molecule has 5 heteroatoms. The van der Waals surface area contributed by atoms with Crippen molar-refractivity contribution < 1.29 is 20.6 Å². The molecule has 0 aliphatic carbocycles. The Morgan fingerprint density at radius 1 is 1.29 bits per heavy atom. The molecule has 0 aliphatic rings. The Morgan fingerprint density at radius 3 is 2.36 bits per heavy atom. The zero-order valence-corrected chi connectivity index (χ0v) is 7.75. The van der Waals surface area contributed by atoms with Crippen LogP contribution in [-0.2, 0) is 0 Å². The normalized spacial score (nSPS) is 13.1. The van der Waals surface area contributed by atoms with Crippen molar-refractivity contribution in [2.75, 3.05) is 0 Å². The van der Waals surface area contributed by atoms with Crippen molar-refractivity contribution in [1.82, 2.24) is 5.23 Å². The Kier molecular flexibility index (Phi) is 3.29. The van der Waals surface area contributed by atoms with E-state index in [1.165, 1.54) is 12.1 Å². The van der Waals surface area contributed by atoms with Crippen LogP contribution in [0.25, 0.3) is 0 Å². The van der Waals surface area contributed by atoms with Gasteiger partial charge in [0.25, 0.3) is 0 Å². The van der Waals surface area contributed by atoms with Gasteiger partial charge in [0.2, 0.25) is 0 Å². The lowest BCUT2D eigenvalue weighted by Crippen LogP contribution is -2.20. The Labute approximate surface area is 81.4 Å². The highest BCUT2D eigenvalue weighted by molar-refractivity contribution is 5.40. The second-order valence-electron chi connectivity index (χ2n) is 2.99. The predicted octanol–water partition coefficient (Wildman–Crippen LogP) is 1.63. The van der Waals surface area contributed by atoms with Gasteiger partial charge >= 0.3 is 0 Å². The highest BCUT2D eigenvalue weighted by Gasteiger charge is 2.18. The van der Waals surface area contributed by atoms with Gasteiger partial charge in [-0.1, -0.05) is 12.2 Å². The molecular formula is C9H13NO4. The molecule has 0 heterocycles. The average Bonchev–Trinajstić information content (AvgIpc) is 2.09. The number of hydrogen-bond acceptors (Lipinski definition) is 5. The molecule has 0 spiro atoms. The Bertz CT molecular complexity index is 314. The number of nitrogens with zero attached hydrogens (tertiary/aromatic N) is 1. The van der Waals surface area contributed by atoms with E-state index in [1.54, 1.807) is 6.92 Å². The van der Waals surface area contributed by atoms with Gasteiger partial charge in [0.15, 0.2) is 0 Å². The first-order valence-corrected chi connectivity index (χ1v) is 4.25. The molecule has 0 saturated carbocycles. The summed E-state index contributed by atoms with van der Waals surface area (Å²) in [6.45, 7) is 1.75. The number of hydrogen-bond donors (Lipinski definition) is 4. The van der Waals surface area contributed by atoms with E-state index >= 15 is 0 Å². The van der Waals surface area contributed by atoms with Crippen molar-refractivity contribution in [3.8, 4) is 11.5 Å². The van der Waals surface area contributed by atoms with Crippen LogP contribution >= 0.6 is 0 Å². The Hall–Kier alpha value is -1.30. The monoisotopic (exact) mass is 199 g/mol. The second-order valence-corrected chi connectivity index (χ2v) is 2.99. The third-order valence-electron chi connectivity index (χ3n) is 2.04. The molecule has 0 aromatic heterocycles. The molecule has 5 nitrogen and oxygen atoms in total. The van der Waals surface area contributed by atoms with E-state index in [0.717, 1.165) is 6.07 Å². The minimum atomic E-state index is -0.699. The summed E-state index contributed by atoms with van der Waals surface area (Å²) in [6, 6.07) is 3.27. The van der Waals surface area contributed by atoms with Crippen molar-refractivity contribution in [2.45, 2.75) is 19.4 Å². The summed E-state index contributed by atoms with van der Waals surface area (Å²) >= 11 is 0. The fourth-order valence-electron chi connectivity index (χ4n) is 1.32. The summed E-state index contributed by atoms with van der Waals surface area (Å²) in [5, 5.41) is 36.3. The molecule has 0 radical (unpaired) electrons. The zero-order valence-electron chi connectivity index (χ0n) is 7.75. The summed E-state index contributed by atoms with van der Waals surface area (Å²) in [4.78, 5) is 0. The van der Waals surface area contributed by atoms with Crippen LogP contribution in [0.2, 0.25) is 0 Å². The fourth-order valence-corrected chi connectivity index (χ4v) is 1.32. The smallest absolute Gasteiger partial charge is 0.124 e. The second kappa shape index (κ2) is 4.28. The standard InChI is InChI=1S/C9H13NO4/c1-2-8(10(13)14)7-4-3-6(11)5-9(7)12/h3-5,8,11-14H,2H2,1H3. The maximum atomic E-state index is 9.43. The molecule has 0 fully saturated rings. The minimum absolute atomic E-state index is 0.0477. The van der Waals surface area contributed by atoms with E-state index in [2.05, 4.69) is 0 Å². The van der Waals surface area contributed by atoms with Crippen LogP contribution in [0.15, 0.2) is 18.2 Å². The molecule has 0 aliphatic heterocycles. The largest absolute Gasteiger partial charge is 0.508 e. The van der Waals surface area contributed by atoms with Gasteiger partial charge < -0.3 is 10.2 Å². The van der Waals surface area contributed by atoms with Crippen LogP contribution in [0.3, 0.4) is 0 Å². The van der Waals surface area contributed by atoms with Crippen molar-refractivity contribution in [3.63, 3.8) is 0 Å². The number of phenols is 2. The van der Waals surface area contributed by atoms with Crippen molar-refractivity contribution in [1.29, 1.82) is 0 Å².